The number of nitrogen functional groups attached to an aromatic ring is 1. The summed E-state index contributed by atoms with van der Waals surface area (Å²) >= 11 is 0. The van der Waals surface area contributed by atoms with Crippen LogP contribution >= 0.6 is 0 Å². The van der Waals surface area contributed by atoms with E-state index >= 15 is 0 Å². The second kappa shape index (κ2) is 6.40. The van der Waals surface area contributed by atoms with Gasteiger partial charge in [0.05, 0.1) is 0 Å². The average molecular weight is 249 g/mol. The number of carbonyl (C=O) groups is 1. The summed E-state index contributed by atoms with van der Waals surface area (Å²) in [7, 11) is 0. The number of para-hydroxylation sites is 1. The predicted octanol–water partition coefficient (Wildman–Crippen LogP) is 1.66. The topological polar surface area (TPSA) is 67.2 Å². The summed E-state index contributed by atoms with van der Waals surface area (Å²) in [6, 6.07) is 7.73. The summed E-state index contributed by atoms with van der Waals surface area (Å²) in [5.74, 6) is 0.0658. The van der Waals surface area contributed by atoms with E-state index < -0.39 is 0 Å². The Morgan fingerprint density at radius 2 is 1.94 bits per heavy atom. The molecule has 0 unspecified atom stereocenters. The second-order valence-electron chi connectivity index (χ2n) is 5.42. The third-order valence-corrected chi connectivity index (χ3v) is 2.41. The number of amides is 1. The van der Waals surface area contributed by atoms with Crippen molar-refractivity contribution in [1.82, 2.24) is 10.6 Å². The molecule has 100 valence electrons. The van der Waals surface area contributed by atoms with Crippen LogP contribution in [0.1, 0.15) is 32.8 Å². The zero-order chi connectivity index (χ0) is 13.6. The van der Waals surface area contributed by atoms with Crippen LogP contribution in [0.2, 0.25) is 0 Å². The van der Waals surface area contributed by atoms with Crippen LogP contribution < -0.4 is 16.4 Å². The highest BCUT2D eigenvalue weighted by molar-refractivity contribution is 5.76. The summed E-state index contributed by atoms with van der Waals surface area (Å²) in [6.07, 6.45) is 0.476. The van der Waals surface area contributed by atoms with Crippen LogP contribution in [-0.4, -0.2) is 18.0 Å². The Bertz CT molecular complexity index is 396. The van der Waals surface area contributed by atoms with Crippen molar-refractivity contribution < 1.29 is 4.79 Å². The van der Waals surface area contributed by atoms with Gasteiger partial charge in [-0.1, -0.05) is 18.2 Å². The van der Waals surface area contributed by atoms with Gasteiger partial charge in [-0.15, -0.1) is 0 Å². The molecule has 4 heteroatoms. The zero-order valence-corrected chi connectivity index (χ0v) is 11.4. The first-order valence-electron chi connectivity index (χ1n) is 6.23. The van der Waals surface area contributed by atoms with E-state index in [2.05, 4.69) is 10.6 Å². The average Bonchev–Trinajstić information content (AvgIpc) is 2.24. The molecule has 1 rings (SSSR count). The van der Waals surface area contributed by atoms with E-state index in [-0.39, 0.29) is 11.4 Å². The van der Waals surface area contributed by atoms with Crippen molar-refractivity contribution in [3.8, 4) is 0 Å². The molecule has 0 aliphatic carbocycles. The highest BCUT2D eigenvalue weighted by Crippen LogP contribution is 2.09. The monoisotopic (exact) mass is 249 g/mol. The first-order chi connectivity index (χ1) is 8.38. The third-order valence-electron chi connectivity index (χ3n) is 2.41. The highest BCUT2D eigenvalue weighted by Gasteiger charge is 2.12. The Morgan fingerprint density at radius 1 is 1.28 bits per heavy atom. The fraction of sp³-hybridized carbons (Fsp3) is 0.500. The largest absolute Gasteiger partial charge is 0.398 e. The number of nitrogens with one attached hydrogen (secondary N) is 2. The lowest BCUT2D eigenvalue weighted by Crippen LogP contribution is -2.41. The number of hydrogen-bond acceptors (Lipinski definition) is 3. The van der Waals surface area contributed by atoms with E-state index in [1.807, 2.05) is 45.0 Å². The SMILES string of the molecule is CC(C)(C)NC(=O)CCNCc1ccccc1N. The van der Waals surface area contributed by atoms with Crippen molar-refractivity contribution in [1.29, 1.82) is 0 Å². The van der Waals surface area contributed by atoms with Gasteiger partial charge in [-0.25, -0.2) is 0 Å². The lowest BCUT2D eigenvalue weighted by molar-refractivity contribution is -0.122. The summed E-state index contributed by atoms with van der Waals surface area (Å²) in [5, 5.41) is 6.14. The van der Waals surface area contributed by atoms with Gasteiger partial charge in [-0.3, -0.25) is 4.79 Å². The van der Waals surface area contributed by atoms with E-state index in [0.29, 0.717) is 19.5 Å². The van der Waals surface area contributed by atoms with Gasteiger partial charge in [0.1, 0.15) is 0 Å². The Hall–Kier alpha value is -1.55. The molecule has 0 atom stereocenters. The molecule has 0 saturated heterocycles. The van der Waals surface area contributed by atoms with Crippen LogP contribution in [0.25, 0.3) is 0 Å². The zero-order valence-electron chi connectivity index (χ0n) is 11.4. The normalized spacial score (nSPS) is 11.3. The molecule has 0 aromatic heterocycles. The molecule has 0 fully saturated rings. The number of hydrogen-bond donors (Lipinski definition) is 3. The van der Waals surface area contributed by atoms with E-state index in [1.165, 1.54) is 0 Å². The molecule has 0 aliphatic heterocycles. The lowest BCUT2D eigenvalue weighted by atomic mass is 10.1. The summed E-state index contributed by atoms with van der Waals surface area (Å²) in [6.45, 7) is 7.26. The van der Waals surface area contributed by atoms with Crippen LogP contribution in [0.3, 0.4) is 0 Å². The van der Waals surface area contributed by atoms with E-state index in [4.69, 9.17) is 5.73 Å². The van der Waals surface area contributed by atoms with Crippen molar-refractivity contribution in [2.24, 2.45) is 0 Å². The van der Waals surface area contributed by atoms with Gasteiger partial charge in [-0.2, -0.15) is 0 Å². The number of carbonyl (C=O) groups excluding carboxylic acids is 1. The number of rotatable bonds is 5. The molecule has 0 aliphatic rings. The van der Waals surface area contributed by atoms with E-state index in [9.17, 15) is 4.79 Å². The molecule has 0 heterocycles. The van der Waals surface area contributed by atoms with Gasteiger partial charge < -0.3 is 16.4 Å². The van der Waals surface area contributed by atoms with Crippen molar-refractivity contribution in [3.05, 3.63) is 29.8 Å². The van der Waals surface area contributed by atoms with Gasteiger partial charge in [0.15, 0.2) is 0 Å². The van der Waals surface area contributed by atoms with Crippen LogP contribution in [0.5, 0.6) is 0 Å². The molecular formula is C14H23N3O. The fourth-order valence-corrected chi connectivity index (χ4v) is 1.60. The van der Waals surface area contributed by atoms with Crippen molar-refractivity contribution in [3.63, 3.8) is 0 Å². The van der Waals surface area contributed by atoms with E-state index in [1.54, 1.807) is 0 Å². The fourth-order valence-electron chi connectivity index (χ4n) is 1.60. The second-order valence-corrected chi connectivity index (χ2v) is 5.42. The molecule has 0 spiro atoms. The molecule has 0 radical (unpaired) electrons. The summed E-state index contributed by atoms with van der Waals surface area (Å²) in [5.41, 5.74) is 7.51. The van der Waals surface area contributed by atoms with Crippen LogP contribution in [0.4, 0.5) is 5.69 Å². The Morgan fingerprint density at radius 3 is 2.56 bits per heavy atom. The van der Waals surface area contributed by atoms with Crippen molar-refractivity contribution in [2.45, 2.75) is 39.3 Å². The first-order valence-corrected chi connectivity index (χ1v) is 6.23. The van der Waals surface area contributed by atoms with Gasteiger partial charge in [0, 0.05) is 30.7 Å². The summed E-state index contributed by atoms with van der Waals surface area (Å²) < 4.78 is 0. The van der Waals surface area contributed by atoms with Crippen molar-refractivity contribution >= 4 is 11.6 Å². The van der Waals surface area contributed by atoms with Crippen LogP contribution in [0.15, 0.2) is 24.3 Å². The standard InChI is InChI=1S/C14H23N3O/c1-14(2,3)17-13(18)8-9-16-10-11-6-4-5-7-12(11)15/h4-7,16H,8-10,15H2,1-3H3,(H,17,18). The van der Waals surface area contributed by atoms with Crippen LogP contribution in [-0.2, 0) is 11.3 Å². The molecule has 1 amide bonds. The quantitative estimate of drug-likeness (QED) is 0.549. The molecule has 1 aromatic carbocycles. The smallest absolute Gasteiger partial charge is 0.221 e. The van der Waals surface area contributed by atoms with E-state index in [0.717, 1.165) is 11.3 Å². The maximum absolute atomic E-state index is 11.6. The molecule has 18 heavy (non-hydrogen) atoms. The number of anilines is 1. The molecule has 4 nitrogen and oxygen atoms in total. The lowest BCUT2D eigenvalue weighted by Gasteiger charge is -2.20. The molecule has 0 bridgehead atoms. The summed E-state index contributed by atoms with van der Waals surface area (Å²) in [4.78, 5) is 11.6. The third kappa shape index (κ3) is 5.68. The van der Waals surface area contributed by atoms with Gasteiger partial charge in [0.25, 0.3) is 0 Å². The molecule has 1 aromatic rings. The van der Waals surface area contributed by atoms with Gasteiger partial charge in [0.2, 0.25) is 5.91 Å². The minimum Gasteiger partial charge on any atom is -0.398 e. The Labute approximate surface area is 109 Å². The van der Waals surface area contributed by atoms with Gasteiger partial charge in [-0.05, 0) is 32.4 Å². The maximum Gasteiger partial charge on any atom is 0.221 e. The minimum atomic E-state index is -0.166. The molecular weight excluding hydrogens is 226 g/mol. The maximum atomic E-state index is 11.6. The van der Waals surface area contributed by atoms with Crippen molar-refractivity contribution in [2.75, 3.05) is 12.3 Å². The Balaban J connectivity index is 2.23. The van der Waals surface area contributed by atoms with Crippen LogP contribution in [0, 0.1) is 0 Å². The molecule has 0 saturated carbocycles. The number of nitrogens with two attached hydrogens (primary N) is 1. The van der Waals surface area contributed by atoms with Gasteiger partial charge >= 0.3 is 0 Å². The number of benzene rings is 1. The minimum absolute atomic E-state index is 0.0658. The highest BCUT2D eigenvalue weighted by atomic mass is 16.1. The molecule has 4 N–H and O–H groups in total. The predicted molar refractivity (Wildman–Crippen MR) is 75.1 cm³/mol. The Kier molecular flexibility index (Phi) is 5.16. The first kappa shape index (κ1) is 14.5.